The molecule has 1 aliphatic heterocycles. The van der Waals surface area contributed by atoms with Crippen LogP contribution >= 0.6 is 0 Å². The van der Waals surface area contributed by atoms with E-state index in [1.807, 2.05) is 56.3 Å². The van der Waals surface area contributed by atoms with Gasteiger partial charge in [-0.3, -0.25) is 0 Å². The van der Waals surface area contributed by atoms with E-state index in [1.54, 1.807) is 38.5 Å². The van der Waals surface area contributed by atoms with E-state index in [9.17, 15) is 10.2 Å². The molecule has 208 valence electrons. The number of aromatic nitrogens is 2. The van der Waals surface area contributed by atoms with Crippen LogP contribution in [-0.4, -0.2) is 47.8 Å². The van der Waals surface area contributed by atoms with Crippen molar-refractivity contribution in [1.29, 1.82) is 0 Å². The van der Waals surface area contributed by atoms with Crippen LogP contribution in [0.25, 0.3) is 0 Å². The first kappa shape index (κ1) is 26.2. The fourth-order valence-electron chi connectivity index (χ4n) is 6.40. The van der Waals surface area contributed by atoms with Crippen molar-refractivity contribution in [3.63, 3.8) is 0 Å². The number of aliphatic hydroxyl groups excluding tert-OH is 1. The Labute approximate surface area is 232 Å². The van der Waals surface area contributed by atoms with Gasteiger partial charge in [-0.05, 0) is 23.3 Å². The molecule has 0 spiro atoms. The highest BCUT2D eigenvalue weighted by Gasteiger charge is 2.78. The molecule has 0 amide bonds. The van der Waals surface area contributed by atoms with Crippen molar-refractivity contribution < 1.29 is 33.7 Å². The van der Waals surface area contributed by atoms with E-state index in [4.69, 9.17) is 23.5 Å². The van der Waals surface area contributed by atoms with E-state index in [2.05, 4.69) is 10.1 Å². The molecule has 9 nitrogen and oxygen atoms in total. The Bertz CT molecular complexity index is 1520. The highest BCUT2D eigenvalue weighted by Crippen LogP contribution is 2.72. The smallest absolute Gasteiger partial charge is 0.233 e. The number of ether oxygens (including phenoxy) is 4. The Kier molecular flexibility index (Phi) is 6.23. The number of aliphatic hydroxyl groups is 2. The molecule has 4 aromatic rings. The van der Waals surface area contributed by atoms with Crippen LogP contribution in [0.5, 0.6) is 23.0 Å². The van der Waals surface area contributed by atoms with Crippen LogP contribution in [0.15, 0.2) is 71.3 Å². The third-order valence-electron chi connectivity index (χ3n) is 8.22. The van der Waals surface area contributed by atoms with Gasteiger partial charge in [0.1, 0.15) is 29.1 Å². The molecule has 0 radical (unpaired) electrons. The normalized spacial score (nSPS) is 26.8. The second kappa shape index (κ2) is 9.53. The Morgan fingerprint density at radius 3 is 2.20 bits per heavy atom. The lowest BCUT2D eigenvalue weighted by atomic mass is 9.70. The van der Waals surface area contributed by atoms with E-state index >= 15 is 0 Å². The summed E-state index contributed by atoms with van der Waals surface area (Å²) >= 11 is 0. The van der Waals surface area contributed by atoms with Crippen LogP contribution in [-0.2, 0) is 11.2 Å². The van der Waals surface area contributed by atoms with Crippen molar-refractivity contribution in [3.8, 4) is 23.0 Å². The van der Waals surface area contributed by atoms with Crippen molar-refractivity contribution in [2.24, 2.45) is 0 Å². The first-order valence-corrected chi connectivity index (χ1v) is 13.2. The van der Waals surface area contributed by atoms with Crippen molar-refractivity contribution in [1.82, 2.24) is 10.1 Å². The van der Waals surface area contributed by atoms with Crippen LogP contribution in [0.2, 0.25) is 0 Å². The molecule has 1 fully saturated rings. The van der Waals surface area contributed by atoms with Crippen molar-refractivity contribution >= 4 is 0 Å². The predicted octanol–water partition coefficient (Wildman–Crippen LogP) is 4.64. The van der Waals surface area contributed by atoms with E-state index in [1.165, 1.54) is 7.11 Å². The van der Waals surface area contributed by atoms with E-state index < -0.39 is 29.1 Å². The second-order valence-corrected chi connectivity index (χ2v) is 10.5. The summed E-state index contributed by atoms with van der Waals surface area (Å²) in [5.41, 5.74) is -1.75. The number of benzene rings is 3. The summed E-state index contributed by atoms with van der Waals surface area (Å²) in [4.78, 5) is 4.68. The van der Waals surface area contributed by atoms with Crippen LogP contribution in [0.3, 0.4) is 0 Å². The van der Waals surface area contributed by atoms with Crippen LogP contribution in [0, 0.1) is 0 Å². The zero-order valence-corrected chi connectivity index (χ0v) is 23.0. The first-order valence-electron chi connectivity index (χ1n) is 13.2. The minimum atomic E-state index is -1.99. The number of hydrogen-bond acceptors (Lipinski definition) is 9. The number of fused-ring (bicyclic) bond motifs is 3. The molecule has 2 N–H and O–H groups in total. The van der Waals surface area contributed by atoms with Gasteiger partial charge in [-0.25, -0.2) is 0 Å². The summed E-state index contributed by atoms with van der Waals surface area (Å²) in [6, 6.07) is 20.3. The summed E-state index contributed by atoms with van der Waals surface area (Å²) in [6.07, 6.45) is -1.43. The molecule has 1 saturated carbocycles. The lowest BCUT2D eigenvalue weighted by Gasteiger charge is -2.40. The van der Waals surface area contributed by atoms with Crippen LogP contribution in [0.1, 0.15) is 60.0 Å². The van der Waals surface area contributed by atoms with E-state index in [0.29, 0.717) is 39.9 Å². The molecule has 1 aliphatic carbocycles. The average molecular weight is 545 g/mol. The minimum absolute atomic E-state index is 0.00823. The number of nitrogens with zero attached hydrogens (tertiary/aromatic N) is 2. The summed E-state index contributed by atoms with van der Waals surface area (Å²) in [5.74, 6) is 1.06. The van der Waals surface area contributed by atoms with Crippen LogP contribution in [0.4, 0.5) is 0 Å². The SMILES string of the molecule is COc1ccc([C@@]23Oc4cc(OC)cc(OC)c4[C@]2(O)[C@H](O)[C@H](c2nc(C(C)C)no2)[C@H]3c2ccccc2)cc1. The Morgan fingerprint density at radius 1 is 0.900 bits per heavy atom. The molecule has 9 heteroatoms. The maximum absolute atomic E-state index is 13.0. The molecule has 6 rings (SSSR count). The molecule has 2 aliphatic rings. The first-order chi connectivity index (χ1) is 19.3. The Hall–Kier alpha value is -4.08. The number of hydrogen-bond donors (Lipinski definition) is 2. The lowest BCUT2D eigenvalue weighted by Crippen LogP contribution is -2.52. The molecule has 40 heavy (non-hydrogen) atoms. The third-order valence-corrected chi connectivity index (χ3v) is 8.22. The van der Waals surface area contributed by atoms with Crippen molar-refractivity contribution in [3.05, 3.63) is 95.1 Å². The summed E-state index contributed by atoms with van der Waals surface area (Å²) in [6.45, 7) is 3.93. The highest BCUT2D eigenvalue weighted by molar-refractivity contribution is 5.63. The molecule has 2 heterocycles. The Balaban J connectivity index is 1.69. The quantitative estimate of drug-likeness (QED) is 0.343. The van der Waals surface area contributed by atoms with Gasteiger partial charge in [0.25, 0.3) is 0 Å². The molecule has 1 aromatic heterocycles. The third kappa shape index (κ3) is 3.47. The highest BCUT2D eigenvalue weighted by atomic mass is 16.5. The maximum atomic E-state index is 13.0. The standard InChI is InChI=1S/C31H32N2O7/c1-17(2)28-32-29(40-33-28)24-25(18-9-7-6-8-10-18)31(19-11-13-20(36-3)14-12-19)30(35,27(24)34)26-22(38-5)15-21(37-4)16-23(26)39-31/h6-17,24-25,27,34-35H,1-5H3/t24-,25-,27-,30+,31+/m1/s1. The molecule has 0 unspecified atom stereocenters. The minimum Gasteiger partial charge on any atom is -0.497 e. The molecule has 5 atom stereocenters. The fraction of sp³-hybridized carbons (Fsp3) is 0.355. The lowest BCUT2D eigenvalue weighted by molar-refractivity contribution is -0.151. The van der Waals surface area contributed by atoms with Gasteiger partial charge in [0.05, 0.1) is 32.8 Å². The van der Waals surface area contributed by atoms with Crippen molar-refractivity contribution in [2.45, 2.75) is 48.9 Å². The van der Waals surface area contributed by atoms with E-state index in [-0.39, 0.29) is 11.8 Å². The van der Waals surface area contributed by atoms with Gasteiger partial charge in [-0.1, -0.05) is 61.5 Å². The Morgan fingerprint density at radius 2 is 1.60 bits per heavy atom. The largest absolute Gasteiger partial charge is 0.497 e. The zero-order chi connectivity index (χ0) is 28.2. The van der Waals surface area contributed by atoms with Gasteiger partial charge in [-0.15, -0.1) is 0 Å². The van der Waals surface area contributed by atoms with Gasteiger partial charge in [-0.2, -0.15) is 4.98 Å². The van der Waals surface area contributed by atoms with Gasteiger partial charge in [0.2, 0.25) is 5.89 Å². The average Bonchev–Trinajstić information content (AvgIpc) is 3.62. The van der Waals surface area contributed by atoms with Gasteiger partial charge >= 0.3 is 0 Å². The molecule has 3 aromatic carbocycles. The topological polar surface area (TPSA) is 116 Å². The summed E-state index contributed by atoms with van der Waals surface area (Å²) in [5, 5.41) is 29.5. The number of methoxy groups -OCH3 is 3. The van der Waals surface area contributed by atoms with Crippen LogP contribution < -0.4 is 18.9 Å². The molecular weight excluding hydrogens is 512 g/mol. The van der Waals surface area contributed by atoms with Gasteiger partial charge in [0.15, 0.2) is 17.0 Å². The zero-order valence-electron chi connectivity index (χ0n) is 23.0. The van der Waals surface area contributed by atoms with E-state index in [0.717, 1.165) is 5.56 Å². The number of rotatable bonds is 7. The molecular formula is C31H32N2O7. The monoisotopic (exact) mass is 544 g/mol. The molecule has 0 saturated heterocycles. The molecule has 0 bridgehead atoms. The van der Waals surface area contributed by atoms with Crippen molar-refractivity contribution in [2.75, 3.05) is 21.3 Å². The maximum Gasteiger partial charge on any atom is 0.233 e. The summed E-state index contributed by atoms with van der Waals surface area (Å²) < 4.78 is 29.4. The van der Waals surface area contributed by atoms with Gasteiger partial charge < -0.3 is 33.7 Å². The summed E-state index contributed by atoms with van der Waals surface area (Å²) in [7, 11) is 4.64. The predicted molar refractivity (Wildman–Crippen MR) is 145 cm³/mol. The second-order valence-electron chi connectivity index (χ2n) is 10.5. The van der Waals surface area contributed by atoms with Gasteiger partial charge in [0, 0.05) is 24.0 Å². The fourth-order valence-corrected chi connectivity index (χ4v) is 6.40.